The highest BCUT2D eigenvalue weighted by molar-refractivity contribution is 5.74. The molecular formula is C33H48O6. The van der Waals surface area contributed by atoms with Crippen LogP contribution in [-0.4, -0.2) is 23.0 Å². The molecule has 2 saturated carbocycles. The zero-order valence-electron chi connectivity index (χ0n) is 25.4. The maximum absolute atomic E-state index is 12.4. The Morgan fingerprint density at radius 1 is 0.974 bits per heavy atom. The van der Waals surface area contributed by atoms with E-state index < -0.39 is 23.3 Å². The number of hydrogen-bond donors (Lipinski definition) is 1. The third kappa shape index (κ3) is 5.67. The third-order valence-corrected chi connectivity index (χ3v) is 10.7. The summed E-state index contributed by atoms with van der Waals surface area (Å²) in [4.78, 5) is 36.1. The van der Waals surface area contributed by atoms with Gasteiger partial charge in [0, 0.05) is 13.8 Å². The number of carbonyl (C=O) groups excluding carboxylic acids is 2. The highest BCUT2D eigenvalue weighted by Gasteiger charge is 2.62. The summed E-state index contributed by atoms with van der Waals surface area (Å²) in [7, 11) is 0. The summed E-state index contributed by atoms with van der Waals surface area (Å²) < 4.78 is 11.0. The van der Waals surface area contributed by atoms with Crippen molar-refractivity contribution in [3.8, 4) is 0 Å². The monoisotopic (exact) mass is 540 g/mol. The van der Waals surface area contributed by atoms with Gasteiger partial charge in [-0.05, 0) is 98.5 Å². The van der Waals surface area contributed by atoms with Crippen LogP contribution in [0.2, 0.25) is 0 Å². The topological polar surface area (TPSA) is 89.9 Å². The van der Waals surface area contributed by atoms with Gasteiger partial charge in [0.15, 0.2) is 11.5 Å². The lowest BCUT2D eigenvalue weighted by Crippen LogP contribution is -2.58. The molecular weight excluding hydrogens is 492 g/mol. The van der Waals surface area contributed by atoms with E-state index in [4.69, 9.17) is 9.47 Å². The fourth-order valence-electron chi connectivity index (χ4n) is 7.82. The van der Waals surface area contributed by atoms with E-state index in [0.717, 1.165) is 37.7 Å². The second-order valence-electron chi connectivity index (χ2n) is 13.2. The van der Waals surface area contributed by atoms with Gasteiger partial charge in [-0.3, -0.25) is 14.4 Å². The van der Waals surface area contributed by atoms with Gasteiger partial charge >= 0.3 is 17.9 Å². The van der Waals surface area contributed by atoms with E-state index in [0.29, 0.717) is 12.8 Å². The van der Waals surface area contributed by atoms with Crippen molar-refractivity contribution in [1.82, 2.24) is 0 Å². The summed E-state index contributed by atoms with van der Waals surface area (Å²) in [6.45, 7) is 18.0. The van der Waals surface area contributed by atoms with Crippen LogP contribution in [0.3, 0.4) is 0 Å². The third-order valence-electron chi connectivity index (χ3n) is 10.7. The number of fused-ring (bicyclic) bond motifs is 1. The Morgan fingerprint density at radius 2 is 1.59 bits per heavy atom. The summed E-state index contributed by atoms with van der Waals surface area (Å²) in [6, 6.07) is 0. The Balaban J connectivity index is 2.11. The molecule has 0 saturated heterocycles. The summed E-state index contributed by atoms with van der Waals surface area (Å²) in [6.07, 6.45) is 14.2. The molecule has 0 spiro atoms. The lowest BCUT2D eigenvalue weighted by molar-refractivity contribution is -0.170. The standard InChI is InChI=1S/C33H48O6/c1-10-32(8)27-20-31(7,29(36)37)17-16-30(27,6)18-19-33(32,9)25-13-11-12-22(3)28(39-24(5)35)26(38-23(4)34)15-14-21(25)2/h12-15,21,27H,10-11,16-20H2,1-9H3,(H,36,37)/b15-14+,22-12+,25-13+,28-26-/t21-,27-,30-,31-,32+,33-/m1/s1. The molecule has 6 nitrogen and oxygen atoms in total. The molecule has 0 aromatic rings. The van der Waals surface area contributed by atoms with Crippen molar-refractivity contribution in [3.63, 3.8) is 0 Å². The first-order valence-corrected chi connectivity index (χ1v) is 14.4. The van der Waals surface area contributed by atoms with Crippen LogP contribution in [0, 0.1) is 33.5 Å². The van der Waals surface area contributed by atoms with E-state index in [2.05, 4.69) is 40.7 Å². The molecule has 0 aliphatic heterocycles. The van der Waals surface area contributed by atoms with Crippen molar-refractivity contribution in [2.24, 2.45) is 33.5 Å². The Kier molecular flexibility index (Phi) is 8.79. The number of ether oxygens (including phenoxy) is 2. The van der Waals surface area contributed by atoms with Crippen LogP contribution in [0.5, 0.6) is 0 Å². The van der Waals surface area contributed by atoms with Crippen molar-refractivity contribution < 1.29 is 29.0 Å². The number of carboxylic acids is 1. The Labute approximate surface area is 234 Å². The molecule has 0 bridgehead atoms. The molecule has 3 rings (SSSR count). The van der Waals surface area contributed by atoms with Crippen LogP contribution in [-0.2, 0) is 23.9 Å². The Hall–Kier alpha value is -2.63. The minimum absolute atomic E-state index is 0.0237. The van der Waals surface area contributed by atoms with Crippen molar-refractivity contribution in [3.05, 3.63) is 47.0 Å². The quantitative estimate of drug-likeness (QED) is 0.281. The van der Waals surface area contributed by atoms with Crippen LogP contribution in [0.4, 0.5) is 0 Å². The van der Waals surface area contributed by atoms with Crippen molar-refractivity contribution in [1.29, 1.82) is 0 Å². The van der Waals surface area contributed by atoms with Gasteiger partial charge < -0.3 is 14.6 Å². The van der Waals surface area contributed by atoms with Crippen LogP contribution in [0.25, 0.3) is 0 Å². The summed E-state index contributed by atoms with van der Waals surface area (Å²) in [5.41, 5.74) is 1.21. The minimum Gasteiger partial charge on any atom is -0.481 e. The molecule has 0 aromatic heterocycles. The minimum atomic E-state index is -0.703. The molecule has 39 heavy (non-hydrogen) atoms. The van der Waals surface area contributed by atoms with Gasteiger partial charge in [0.2, 0.25) is 0 Å². The average Bonchev–Trinajstić information content (AvgIpc) is 2.85. The zero-order chi connectivity index (χ0) is 29.4. The number of carbonyl (C=O) groups is 3. The van der Waals surface area contributed by atoms with Gasteiger partial charge in [0.05, 0.1) is 5.41 Å². The van der Waals surface area contributed by atoms with Crippen molar-refractivity contribution in [2.75, 3.05) is 0 Å². The van der Waals surface area contributed by atoms with Crippen molar-refractivity contribution >= 4 is 17.9 Å². The van der Waals surface area contributed by atoms with Gasteiger partial charge in [-0.15, -0.1) is 0 Å². The second kappa shape index (κ2) is 11.1. The Bertz CT molecular complexity index is 1140. The lowest BCUT2D eigenvalue weighted by Gasteiger charge is -2.65. The van der Waals surface area contributed by atoms with Gasteiger partial charge in [-0.25, -0.2) is 0 Å². The fourth-order valence-corrected chi connectivity index (χ4v) is 7.82. The predicted molar refractivity (Wildman–Crippen MR) is 152 cm³/mol. The van der Waals surface area contributed by atoms with E-state index in [1.165, 1.54) is 19.4 Å². The maximum Gasteiger partial charge on any atom is 0.309 e. The van der Waals surface area contributed by atoms with E-state index >= 15 is 0 Å². The second-order valence-corrected chi connectivity index (χ2v) is 13.2. The van der Waals surface area contributed by atoms with Crippen LogP contribution >= 0.6 is 0 Å². The number of carboxylic acid groups (broad SMARTS) is 1. The molecule has 6 atom stereocenters. The van der Waals surface area contributed by atoms with Crippen LogP contribution in [0.15, 0.2) is 47.0 Å². The van der Waals surface area contributed by atoms with E-state index in [9.17, 15) is 19.5 Å². The molecule has 0 aromatic carbocycles. The molecule has 216 valence electrons. The molecule has 0 radical (unpaired) electrons. The highest BCUT2D eigenvalue weighted by atomic mass is 16.6. The molecule has 0 unspecified atom stereocenters. The first-order valence-electron chi connectivity index (χ1n) is 14.4. The van der Waals surface area contributed by atoms with E-state index in [1.807, 2.05) is 26.0 Å². The number of aliphatic carboxylic acids is 1. The normalized spacial score (nSPS) is 42.6. The lowest BCUT2D eigenvalue weighted by atomic mass is 9.38. The molecule has 0 amide bonds. The van der Waals surface area contributed by atoms with Crippen LogP contribution in [0.1, 0.15) is 107 Å². The maximum atomic E-state index is 12.4. The molecule has 0 heterocycles. The first kappa shape index (κ1) is 30.9. The average molecular weight is 541 g/mol. The zero-order valence-corrected chi connectivity index (χ0v) is 25.4. The largest absolute Gasteiger partial charge is 0.481 e. The number of esters is 2. The SMILES string of the molecule is CC[C@@]1(C)[C@@H]2C[C@](C)(C(=O)O)CC[C@]2(C)CC[C@]1(C)/C1=C/C/C=C(C)/C(OC(C)=O)=C(OC(C)=O)\C=C\[C@H]1C. The van der Waals surface area contributed by atoms with Gasteiger partial charge in [0.1, 0.15) is 0 Å². The molecule has 2 fully saturated rings. The fraction of sp³-hybridized carbons (Fsp3) is 0.667. The van der Waals surface area contributed by atoms with Gasteiger partial charge in [-0.1, -0.05) is 58.4 Å². The van der Waals surface area contributed by atoms with Crippen LogP contribution < -0.4 is 0 Å². The number of allylic oxidation sites excluding steroid dienone is 6. The Morgan fingerprint density at radius 3 is 2.15 bits per heavy atom. The molecule has 3 aliphatic carbocycles. The summed E-state index contributed by atoms with van der Waals surface area (Å²) in [5.74, 6) is -0.859. The number of rotatable bonds is 5. The van der Waals surface area contributed by atoms with Crippen molar-refractivity contribution in [2.45, 2.75) is 107 Å². The van der Waals surface area contributed by atoms with Gasteiger partial charge in [0.25, 0.3) is 0 Å². The molecule has 3 aliphatic rings. The predicted octanol–water partition coefficient (Wildman–Crippen LogP) is 7.91. The summed E-state index contributed by atoms with van der Waals surface area (Å²) >= 11 is 0. The number of hydrogen-bond acceptors (Lipinski definition) is 5. The van der Waals surface area contributed by atoms with E-state index in [1.54, 1.807) is 6.08 Å². The molecule has 1 N–H and O–H groups in total. The highest BCUT2D eigenvalue weighted by Crippen LogP contribution is 2.70. The molecule has 6 heteroatoms. The first-order chi connectivity index (χ1) is 18.0. The van der Waals surface area contributed by atoms with Gasteiger partial charge in [-0.2, -0.15) is 0 Å². The summed E-state index contributed by atoms with van der Waals surface area (Å²) in [5, 5.41) is 10.2. The smallest absolute Gasteiger partial charge is 0.309 e. The van der Waals surface area contributed by atoms with E-state index in [-0.39, 0.29) is 39.6 Å².